The van der Waals surface area contributed by atoms with Crippen molar-refractivity contribution in [3.05, 3.63) is 29.7 Å². The molecule has 0 radical (unpaired) electrons. The molecule has 1 aliphatic carbocycles. The number of aromatic nitrogens is 3. The number of alkyl halides is 1. The van der Waals surface area contributed by atoms with Crippen LogP contribution < -0.4 is 14.8 Å². The fraction of sp³-hybridized carbons (Fsp3) is 0.250. The zero-order valence-corrected chi connectivity index (χ0v) is 16.8. The van der Waals surface area contributed by atoms with Crippen molar-refractivity contribution in [1.29, 1.82) is 0 Å². The van der Waals surface area contributed by atoms with Gasteiger partial charge in [0.15, 0.2) is 11.6 Å². The molecular weight excluding hydrogens is 414 g/mol. The standard InChI is InChI=1S/C20H16F2N4O3S/c1-28-16-13(17(29-2)18-15(14(16)22)24-7-30-18)10-6-23-19-8(10)3-4-12(25-19)26-20(27)9-5-11(9)21/h3-4,6-7,9,11H,5H2,1-2H3,(H2,23,25,26,27)/t9-,11+/m1/s1. The van der Waals surface area contributed by atoms with Crippen LogP contribution in [0.25, 0.3) is 32.4 Å². The summed E-state index contributed by atoms with van der Waals surface area (Å²) in [6, 6.07) is 3.37. The third-order valence-corrected chi connectivity index (χ3v) is 5.98. The molecule has 1 fully saturated rings. The van der Waals surface area contributed by atoms with Crippen molar-refractivity contribution in [2.45, 2.75) is 12.6 Å². The first-order chi connectivity index (χ1) is 14.5. The number of carbonyl (C=O) groups excluding carboxylic acids is 1. The SMILES string of the molecule is COc1c(-c2c[nH]c3nc(NC(=O)[C@@H]4C[C@@H]4F)ccc23)c(OC)c2scnc2c1F. The van der Waals surface area contributed by atoms with E-state index in [0.717, 1.165) is 0 Å². The molecule has 1 aromatic carbocycles. The maximum atomic E-state index is 15.1. The summed E-state index contributed by atoms with van der Waals surface area (Å²) >= 11 is 1.27. The molecule has 3 aromatic heterocycles. The Kier molecular flexibility index (Phi) is 4.31. The number of nitrogens with zero attached hydrogens (tertiary/aromatic N) is 2. The summed E-state index contributed by atoms with van der Waals surface area (Å²) < 4.78 is 39.7. The van der Waals surface area contributed by atoms with Gasteiger partial charge in [0.2, 0.25) is 5.91 Å². The number of benzene rings is 1. The summed E-state index contributed by atoms with van der Waals surface area (Å²) in [5, 5.41) is 3.31. The van der Waals surface area contributed by atoms with E-state index in [1.54, 1.807) is 23.8 Å². The maximum absolute atomic E-state index is 15.1. The number of amides is 1. The molecule has 2 atom stereocenters. The van der Waals surface area contributed by atoms with Crippen LogP contribution in [0, 0.1) is 11.7 Å². The van der Waals surface area contributed by atoms with Crippen LogP contribution in [-0.4, -0.2) is 41.3 Å². The second-order valence-corrected chi connectivity index (χ2v) is 7.78. The molecule has 30 heavy (non-hydrogen) atoms. The van der Waals surface area contributed by atoms with Gasteiger partial charge in [0.25, 0.3) is 0 Å². The zero-order valence-electron chi connectivity index (χ0n) is 16.0. The Morgan fingerprint density at radius 2 is 2.07 bits per heavy atom. The van der Waals surface area contributed by atoms with Crippen molar-refractivity contribution in [2.75, 3.05) is 19.5 Å². The van der Waals surface area contributed by atoms with Crippen molar-refractivity contribution in [3.8, 4) is 22.6 Å². The molecule has 5 rings (SSSR count). The Hall–Kier alpha value is -3.27. The van der Waals surface area contributed by atoms with Gasteiger partial charge in [0, 0.05) is 17.1 Å². The van der Waals surface area contributed by atoms with Gasteiger partial charge >= 0.3 is 0 Å². The minimum absolute atomic E-state index is 0.0197. The van der Waals surface area contributed by atoms with Crippen molar-refractivity contribution in [2.24, 2.45) is 5.92 Å². The van der Waals surface area contributed by atoms with Gasteiger partial charge in [-0.1, -0.05) is 0 Å². The normalized spacial score (nSPS) is 18.0. The Morgan fingerprint density at radius 1 is 1.30 bits per heavy atom. The first-order valence-electron chi connectivity index (χ1n) is 9.13. The quantitative estimate of drug-likeness (QED) is 0.493. The molecule has 2 N–H and O–H groups in total. The molecule has 3 heterocycles. The summed E-state index contributed by atoms with van der Waals surface area (Å²) in [5.41, 5.74) is 3.28. The molecule has 4 aromatic rings. The minimum Gasteiger partial charge on any atom is -0.494 e. The number of anilines is 1. The van der Waals surface area contributed by atoms with Crippen LogP contribution >= 0.6 is 11.3 Å². The third kappa shape index (κ3) is 2.78. The van der Waals surface area contributed by atoms with E-state index >= 15 is 4.39 Å². The molecule has 7 nitrogen and oxygen atoms in total. The molecule has 0 unspecified atom stereocenters. The fourth-order valence-electron chi connectivity index (χ4n) is 3.56. The maximum Gasteiger partial charge on any atom is 0.231 e. The van der Waals surface area contributed by atoms with Crippen LogP contribution in [0.5, 0.6) is 11.5 Å². The highest BCUT2D eigenvalue weighted by molar-refractivity contribution is 7.17. The average molecular weight is 430 g/mol. The first-order valence-corrected chi connectivity index (χ1v) is 10.0. The number of thiazole rings is 1. The zero-order chi connectivity index (χ0) is 21.0. The minimum atomic E-state index is -1.08. The number of hydrogen-bond acceptors (Lipinski definition) is 6. The van der Waals surface area contributed by atoms with Gasteiger partial charge in [0.05, 0.1) is 31.2 Å². The molecule has 0 saturated heterocycles. The molecule has 10 heteroatoms. The smallest absolute Gasteiger partial charge is 0.231 e. The van der Waals surface area contributed by atoms with Crippen molar-refractivity contribution < 1.29 is 23.0 Å². The fourth-order valence-corrected chi connectivity index (χ4v) is 4.37. The number of H-pyrrole nitrogens is 1. The number of aromatic amines is 1. The van der Waals surface area contributed by atoms with Crippen LogP contribution in [0.4, 0.5) is 14.6 Å². The summed E-state index contributed by atoms with van der Waals surface area (Å²) in [6.07, 6.45) is 0.836. The molecule has 0 aliphatic heterocycles. The predicted octanol–water partition coefficient (Wildman–Crippen LogP) is 4.29. The van der Waals surface area contributed by atoms with Gasteiger partial charge in [-0.3, -0.25) is 4.79 Å². The molecule has 1 aliphatic rings. The number of ether oxygens (including phenoxy) is 2. The predicted molar refractivity (Wildman–Crippen MR) is 109 cm³/mol. The molecular formula is C20H16F2N4O3S. The lowest BCUT2D eigenvalue weighted by atomic mass is 10.0. The van der Waals surface area contributed by atoms with E-state index in [2.05, 4.69) is 20.3 Å². The lowest BCUT2D eigenvalue weighted by Crippen LogP contribution is -2.15. The van der Waals surface area contributed by atoms with Gasteiger partial charge < -0.3 is 19.8 Å². The molecule has 1 amide bonds. The summed E-state index contributed by atoms with van der Waals surface area (Å²) in [7, 11) is 2.89. The summed E-state index contributed by atoms with van der Waals surface area (Å²) in [6.45, 7) is 0. The van der Waals surface area contributed by atoms with Crippen molar-refractivity contribution in [1.82, 2.24) is 15.0 Å². The van der Waals surface area contributed by atoms with E-state index in [0.29, 0.717) is 38.4 Å². The van der Waals surface area contributed by atoms with Gasteiger partial charge in [-0.2, -0.15) is 0 Å². The number of fused-ring (bicyclic) bond motifs is 2. The van der Waals surface area contributed by atoms with Gasteiger partial charge in [-0.15, -0.1) is 11.3 Å². The Morgan fingerprint density at radius 3 is 2.77 bits per heavy atom. The number of carbonyl (C=O) groups is 1. The Labute approximate surface area is 173 Å². The van der Waals surface area contributed by atoms with Gasteiger partial charge in [0.1, 0.15) is 33.6 Å². The van der Waals surface area contributed by atoms with Gasteiger partial charge in [-0.05, 0) is 18.6 Å². The highest BCUT2D eigenvalue weighted by Gasteiger charge is 2.43. The highest BCUT2D eigenvalue weighted by Crippen LogP contribution is 2.48. The van der Waals surface area contributed by atoms with E-state index < -0.39 is 17.9 Å². The van der Waals surface area contributed by atoms with E-state index in [1.165, 1.54) is 25.6 Å². The lowest BCUT2D eigenvalue weighted by Gasteiger charge is -2.14. The number of pyridine rings is 1. The number of halogens is 2. The largest absolute Gasteiger partial charge is 0.494 e. The second-order valence-electron chi connectivity index (χ2n) is 6.93. The molecule has 154 valence electrons. The number of hydrogen-bond donors (Lipinski definition) is 2. The highest BCUT2D eigenvalue weighted by atomic mass is 32.1. The van der Waals surface area contributed by atoms with Crippen LogP contribution in [0.2, 0.25) is 0 Å². The Bertz CT molecular complexity index is 1300. The molecule has 1 saturated carbocycles. The number of nitrogens with one attached hydrogen (secondary N) is 2. The summed E-state index contributed by atoms with van der Waals surface area (Å²) in [5.74, 6) is -0.784. The average Bonchev–Trinajstić information content (AvgIpc) is 3.13. The van der Waals surface area contributed by atoms with Crippen LogP contribution in [-0.2, 0) is 4.79 Å². The number of rotatable bonds is 5. The van der Waals surface area contributed by atoms with Crippen molar-refractivity contribution in [3.63, 3.8) is 0 Å². The third-order valence-electron chi connectivity index (χ3n) is 5.15. The lowest BCUT2D eigenvalue weighted by molar-refractivity contribution is -0.117. The van der Waals surface area contributed by atoms with Crippen molar-refractivity contribution >= 4 is 44.3 Å². The second kappa shape index (κ2) is 6.91. The monoisotopic (exact) mass is 430 g/mol. The van der Waals surface area contributed by atoms with Crippen LogP contribution in [0.1, 0.15) is 6.42 Å². The van der Waals surface area contributed by atoms with Crippen LogP contribution in [0.15, 0.2) is 23.8 Å². The van der Waals surface area contributed by atoms with E-state index in [9.17, 15) is 9.18 Å². The molecule has 0 spiro atoms. The topological polar surface area (TPSA) is 89.1 Å². The molecule has 0 bridgehead atoms. The van der Waals surface area contributed by atoms with Crippen LogP contribution in [0.3, 0.4) is 0 Å². The van der Waals surface area contributed by atoms with E-state index in [1.807, 2.05) is 0 Å². The van der Waals surface area contributed by atoms with E-state index in [-0.39, 0.29) is 23.6 Å². The summed E-state index contributed by atoms with van der Waals surface area (Å²) in [4.78, 5) is 23.5. The Balaban J connectivity index is 1.63. The van der Waals surface area contributed by atoms with Gasteiger partial charge in [-0.25, -0.2) is 18.7 Å². The first kappa shape index (κ1) is 18.7. The number of methoxy groups -OCH3 is 2. The van der Waals surface area contributed by atoms with E-state index in [4.69, 9.17) is 9.47 Å².